The molecule has 0 amide bonds. The molecule has 2 heteroatoms. The number of benzene rings is 1. The first-order chi connectivity index (χ1) is 8.97. The van der Waals surface area contributed by atoms with Crippen LogP contribution in [0.5, 0.6) is 0 Å². The topological polar surface area (TPSA) is 23.5 Å². The van der Waals surface area contributed by atoms with Crippen LogP contribution in [0.2, 0.25) is 0 Å². The van der Waals surface area contributed by atoms with E-state index < -0.39 is 5.60 Å². The van der Waals surface area contributed by atoms with E-state index in [-0.39, 0.29) is 0 Å². The van der Waals surface area contributed by atoms with Crippen LogP contribution >= 0.6 is 0 Å². The van der Waals surface area contributed by atoms with Crippen molar-refractivity contribution in [2.24, 2.45) is 5.92 Å². The molecule has 1 aromatic carbocycles. The van der Waals surface area contributed by atoms with Crippen molar-refractivity contribution in [1.29, 1.82) is 0 Å². The van der Waals surface area contributed by atoms with Gasteiger partial charge < -0.3 is 10.0 Å². The molecule has 0 aliphatic carbocycles. The maximum atomic E-state index is 10.7. The van der Waals surface area contributed by atoms with Crippen molar-refractivity contribution >= 4 is 0 Å². The fourth-order valence-electron chi connectivity index (χ4n) is 3.05. The van der Waals surface area contributed by atoms with Gasteiger partial charge in [0, 0.05) is 26.1 Å². The average molecular weight is 261 g/mol. The molecule has 1 saturated heterocycles. The van der Waals surface area contributed by atoms with E-state index in [0.29, 0.717) is 5.92 Å². The fourth-order valence-corrected chi connectivity index (χ4v) is 3.05. The third kappa shape index (κ3) is 4.32. The Bertz CT molecular complexity index is 405. The molecule has 1 heterocycles. The van der Waals surface area contributed by atoms with Crippen molar-refractivity contribution < 1.29 is 5.11 Å². The van der Waals surface area contributed by atoms with Gasteiger partial charge in [0.25, 0.3) is 0 Å². The Morgan fingerprint density at radius 2 is 1.95 bits per heavy atom. The number of hydrogen-bond donors (Lipinski definition) is 1. The zero-order valence-electron chi connectivity index (χ0n) is 12.5. The molecule has 0 unspecified atom stereocenters. The van der Waals surface area contributed by atoms with Crippen LogP contribution in [0.1, 0.15) is 37.8 Å². The van der Waals surface area contributed by atoms with Gasteiger partial charge in [0.15, 0.2) is 0 Å². The second-order valence-electron chi connectivity index (χ2n) is 6.58. The van der Waals surface area contributed by atoms with E-state index in [1.807, 2.05) is 0 Å². The van der Waals surface area contributed by atoms with E-state index in [0.717, 1.165) is 38.9 Å². The number of hydrogen-bond acceptors (Lipinski definition) is 2. The maximum absolute atomic E-state index is 10.7. The van der Waals surface area contributed by atoms with Gasteiger partial charge in [-0.1, -0.05) is 43.7 Å². The summed E-state index contributed by atoms with van der Waals surface area (Å²) in [6, 6.07) is 8.52. The highest BCUT2D eigenvalue weighted by Gasteiger charge is 2.32. The molecule has 0 atom stereocenters. The van der Waals surface area contributed by atoms with Crippen LogP contribution in [-0.2, 0) is 6.42 Å². The van der Waals surface area contributed by atoms with Gasteiger partial charge in [-0.05, 0) is 31.2 Å². The minimum absolute atomic E-state index is 0.499. The molecule has 0 bridgehead atoms. The largest absolute Gasteiger partial charge is 0.389 e. The lowest BCUT2D eigenvalue weighted by atomic mass is 9.85. The zero-order valence-corrected chi connectivity index (χ0v) is 12.5. The quantitative estimate of drug-likeness (QED) is 0.900. The van der Waals surface area contributed by atoms with Crippen LogP contribution in [0.3, 0.4) is 0 Å². The summed E-state index contributed by atoms with van der Waals surface area (Å²) >= 11 is 0. The summed E-state index contributed by atoms with van der Waals surface area (Å²) in [5.41, 5.74) is 2.04. The highest BCUT2D eigenvalue weighted by molar-refractivity contribution is 5.23. The van der Waals surface area contributed by atoms with Gasteiger partial charge in [0.2, 0.25) is 0 Å². The minimum Gasteiger partial charge on any atom is -0.389 e. The number of likely N-dealkylation sites (tertiary alicyclic amines) is 1. The van der Waals surface area contributed by atoms with Crippen molar-refractivity contribution in [3.05, 3.63) is 35.4 Å². The van der Waals surface area contributed by atoms with Crippen LogP contribution in [0, 0.1) is 12.8 Å². The highest BCUT2D eigenvalue weighted by atomic mass is 16.3. The second-order valence-corrected chi connectivity index (χ2v) is 6.58. The van der Waals surface area contributed by atoms with E-state index in [9.17, 15) is 5.11 Å². The Labute approximate surface area is 117 Å². The summed E-state index contributed by atoms with van der Waals surface area (Å²) in [6.45, 7) is 9.83. The lowest BCUT2D eigenvalue weighted by Gasteiger charge is -2.39. The SMILES string of the molecule is Cc1cccc(CC2(O)CCN(CC(C)C)CC2)c1. The third-order valence-corrected chi connectivity index (χ3v) is 4.03. The van der Waals surface area contributed by atoms with Crippen LogP contribution in [-0.4, -0.2) is 35.2 Å². The van der Waals surface area contributed by atoms with E-state index in [2.05, 4.69) is 49.9 Å². The molecule has 106 valence electrons. The molecule has 2 nitrogen and oxygen atoms in total. The molecular weight excluding hydrogens is 234 g/mol. The first kappa shape index (κ1) is 14.5. The number of rotatable bonds is 4. The van der Waals surface area contributed by atoms with Crippen LogP contribution in [0.4, 0.5) is 0 Å². The lowest BCUT2D eigenvalue weighted by Crippen LogP contribution is -2.46. The number of nitrogens with zero attached hydrogens (tertiary/aromatic N) is 1. The monoisotopic (exact) mass is 261 g/mol. The van der Waals surface area contributed by atoms with Gasteiger partial charge in [-0.3, -0.25) is 0 Å². The molecule has 1 aliphatic heterocycles. The van der Waals surface area contributed by atoms with E-state index in [4.69, 9.17) is 0 Å². The maximum Gasteiger partial charge on any atom is 0.0712 e. The summed E-state index contributed by atoms with van der Waals surface area (Å²) in [6.07, 6.45) is 2.59. The summed E-state index contributed by atoms with van der Waals surface area (Å²) < 4.78 is 0. The fraction of sp³-hybridized carbons (Fsp3) is 0.647. The molecule has 0 radical (unpaired) electrons. The lowest BCUT2D eigenvalue weighted by molar-refractivity contribution is -0.0227. The Balaban J connectivity index is 1.91. The minimum atomic E-state index is -0.499. The number of piperidine rings is 1. The van der Waals surface area contributed by atoms with Crippen molar-refractivity contribution in [3.63, 3.8) is 0 Å². The van der Waals surface area contributed by atoms with E-state index in [1.165, 1.54) is 11.1 Å². The van der Waals surface area contributed by atoms with E-state index >= 15 is 0 Å². The zero-order chi connectivity index (χ0) is 13.9. The van der Waals surface area contributed by atoms with Crippen LogP contribution in [0.15, 0.2) is 24.3 Å². The first-order valence-electron chi connectivity index (χ1n) is 7.47. The van der Waals surface area contributed by atoms with Crippen LogP contribution < -0.4 is 0 Å². The predicted molar refractivity (Wildman–Crippen MR) is 80.3 cm³/mol. The molecule has 0 spiro atoms. The summed E-state index contributed by atoms with van der Waals surface area (Å²) in [4.78, 5) is 2.48. The van der Waals surface area contributed by atoms with Gasteiger partial charge in [0.1, 0.15) is 0 Å². The summed E-state index contributed by atoms with van der Waals surface area (Å²) in [5.74, 6) is 0.711. The molecule has 1 aromatic rings. The van der Waals surface area contributed by atoms with Gasteiger partial charge in [-0.15, -0.1) is 0 Å². The first-order valence-corrected chi connectivity index (χ1v) is 7.47. The Kier molecular flexibility index (Phi) is 4.64. The number of aryl methyl sites for hydroxylation is 1. The van der Waals surface area contributed by atoms with Gasteiger partial charge in [-0.25, -0.2) is 0 Å². The summed E-state index contributed by atoms with van der Waals surface area (Å²) in [7, 11) is 0. The van der Waals surface area contributed by atoms with Crippen molar-refractivity contribution in [1.82, 2.24) is 4.90 Å². The molecule has 1 fully saturated rings. The molecule has 1 N–H and O–H groups in total. The Morgan fingerprint density at radius 1 is 1.26 bits per heavy atom. The third-order valence-electron chi connectivity index (χ3n) is 4.03. The van der Waals surface area contributed by atoms with Crippen molar-refractivity contribution in [2.45, 2.75) is 45.6 Å². The number of aliphatic hydroxyl groups is 1. The smallest absolute Gasteiger partial charge is 0.0712 e. The van der Waals surface area contributed by atoms with E-state index in [1.54, 1.807) is 0 Å². The van der Waals surface area contributed by atoms with Crippen molar-refractivity contribution in [2.75, 3.05) is 19.6 Å². The molecule has 19 heavy (non-hydrogen) atoms. The average Bonchev–Trinajstić information content (AvgIpc) is 2.32. The standard InChI is InChI=1S/C17H27NO/c1-14(2)13-18-9-7-17(19,8-10-18)12-16-6-4-5-15(3)11-16/h4-6,11,14,19H,7-10,12-13H2,1-3H3. The Hall–Kier alpha value is -0.860. The normalized spacial score (nSPS) is 19.8. The molecular formula is C17H27NO. The molecule has 0 saturated carbocycles. The summed E-state index contributed by atoms with van der Waals surface area (Å²) in [5, 5.41) is 10.7. The van der Waals surface area contributed by atoms with Gasteiger partial charge in [-0.2, -0.15) is 0 Å². The molecule has 2 rings (SSSR count). The Morgan fingerprint density at radius 3 is 2.53 bits per heavy atom. The predicted octanol–water partition coefficient (Wildman–Crippen LogP) is 3.02. The van der Waals surface area contributed by atoms with Gasteiger partial charge >= 0.3 is 0 Å². The molecule has 1 aliphatic rings. The second kappa shape index (κ2) is 6.06. The van der Waals surface area contributed by atoms with Crippen molar-refractivity contribution in [3.8, 4) is 0 Å². The molecule has 0 aromatic heterocycles. The van der Waals surface area contributed by atoms with Gasteiger partial charge in [0.05, 0.1) is 5.60 Å². The van der Waals surface area contributed by atoms with Crippen LogP contribution in [0.25, 0.3) is 0 Å². The highest BCUT2D eigenvalue weighted by Crippen LogP contribution is 2.27.